The van der Waals surface area contributed by atoms with E-state index in [-0.39, 0.29) is 6.61 Å². The van der Waals surface area contributed by atoms with E-state index in [0.717, 1.165) is 6.08 Å². The maximum absolute atomic E-state index is 10.7. The first kappa shape index (κ1) is 15.3. The van der Waals surface area contributed by atoms with Crippen molar-refractivity contribution in [3.05, 3.63) is 12.7 Å². The highest BCUT2D eigenvalue weighted by atomic mass is 28.4. The van der Waals surface area contributed by atoms with Gasteiger partial charge in [-0.3, -0.25) is 0 Å². The van der Waals surface area contributed by atoms with Gasteiger partial charge < -0.3 is 4.74 Å². The first-order chi connectivity index (χ1) is 7.58. The van der Waals surface area contributed by atoms with Gasteiger partial charge in [0.15, 0.2) is 0 Å². The molecule has 7 heteroatoms. The van der Waals surface area contributed by atoms with Crippen LogP contribution in [0.1, 0.15) is 6.42 Å². The van der Waals surface area contributed by atoms with Gasteiger partial charge in [-0.15, -0.1) is 0 Å². The van der Waals surface area contributed by atoms with Crippen molar-refractivity contribution in [2.45, 2.75) is 19.0 Å². The van der Waals surface area contributed by atoms with E-state index in [1.807, 2.05) is 0 Å². The molecule has 0 unspecified atom stereocenters. The van der Waals surface area contributed by atoms with Crippen molar-refractivity contribution < 1.29 is 28.5 Å². The second-order valence-corrected chi connectivity index (χ2v) is 6.21. The van der Waals surface area contributed by atoms with E-state index < -0.39 is 14.5 Å². The van der Waals surface area contributed by atoms with Gasteiger partial charge in [0, 0.05) is 6.08 Å². The van der Waals surface area contributed by atoms with Gasteiger partial charge >= 0.3 is 14.5 Å². The minimum absolute atomic E-state index is 0.285. The van der Waals surface area contributed by atoms with Crippen molar-refractivity contribution >= 4 is 14.5 Å². The van der Waals surface area contributed by atoms with Crippen LogP contribution in [0.4, 0.5) is 0 Å². The third-order valence-electron chi connectivity index (χ3n) is 1.71. The molecule has 0 saturated carbocycles. The molecule has 0 aromatic rings. The minimum atomic E-state index is -2.49. The van der Waals surface area contributed by atoms with Crippen molar-refractivity contribution in [3.8, 4) is 0 Å². The molecule has 0 bridgehead atoms. The summed E-state index contributed by atoms with van der Waals surface area (Å²) in [4.78, 5) is 19.9. The monoisotopic (exact) mass is 250 g/mol. The van der Waals surface area contributed by atoms with Crippen LogP contribution in [0.15, 0.2) is 12.7 Å². The van der Waals surface area contributed by atoms with Gasteiger partial charge in [0.05, 0.1) is 20.8 Å². The second kappa shape index (κ2) is 8.42. The topological polar surface area (TPSA) is 63.2 Å². The van der Waals surface area contributed by atoms with Gasteiger partial charge in [-0.1, -0.05) is 6.58 Å². The van der Waals surface area contributed by atoms with Crippen LogP contribution in [-0.2, 0) is 28.5 Å². The molecule has 0 fully saturated rings. The van der Waals surface area contributed by atoms with Gasteiger partial charge in [0.25, 0.3) is 0 Å². The van der Waals surface area contributed by atoms with E-state index >= 15 is 0 Å². The zero-order chi connectivity index (χ0) is 12.4. The van der Waals surface area contributed by atoms with Gasteiger partial charge in [-0.05, 0) is 19.0 Å². The molecule has 0 saturated heterocycles. The Kier molecular flexibility index (Phi) is 8.04. The molecule has 0 aromatic carbocycles. The zero-order valence-electron chi connectivity index (χ0n) is 9.86. The molecule has 0 heterocycles. The molecule has 0 aromatic heterocycles. The second-order valence-electron chi connectivity index (χ2n) is 3.11. The lowest BCUT2D eigenvalue weighted by atomic mass is 10.5. The summed E-state index contributed by atoms with van der Waals surface area (Å²) in [5.74, 6) is -0.441. The predicted octanol–water partition coefficient (Wildman–Crippen LogP) is 1.33. The van der Waals surface area contributed by atoms with Crippen LogP contribution in [0.5, 0.6) is 0 Å². The van der Waals surface area contributed by atoms with Crippen molar-refractivity contribution in [1.82, 2.24) is 0 Å². The summed E-state index contributed by atoms with van der Waals surface area (Å²) in [5.41, 5.74) is 0. The fourth-order valence-electron chi connectivity index (χ4n) is 1.07. The van der Waals surface area contributed by atoms with Gasteiger partial charge in [-0.25, -0.2) is 23.7 Å². The Labute approximate surface area is 96.2 Å². The normalized spacial score (nSPS) is 11.2. The molecular weight excluding hydrogens is 232 g/mol. The first-order valence-corrected chi connectivity index (χ1v) is 7.33. The van der Waals surface area contributed by atoms with Crippen molar-refractivity contribution in [1.29, 1.82) is 0 Å². The van der Waals surface area contributed by atoms with Crippen molar-refractivity contribution in [3.63, 3.8) is 0 Å². The maximum atomic E-state index is 10.7. The Morgan fingerprint density at radius 1 is 1.31 bits per heavy atom. The van der Waals surface area contributed by atoms with Gasteiger partial charge in [-0.2, -0.15) is 0 Å². The number of hydrogen-bond acceptors (Lipinski definition) is 6. The molecule has 94 valence electrons. The van der Waals surface area contributed by atoms with E-state index in [0.29, 0.717) is 12.5 Å². The Hall–Kier alpha value is -0.733. The predicted molar refractivity (Wildman–Crippen MR) is 58.4 cm³/mol. The van der Waals surface area contributed by atoms with Crippen LogP contribution >= 0.6 is 0 Å². The number of rotatable bonds is 9. The molecule has 0 atom stereocenters. The van der Waals surface area contributed by atoms with Crippen molar-refractivity contribution in [2.24, 2.45) is 0 Å². The number of ether oxygens (including phenoxy) is 1. The highest BCUT2D eigenvalue weighted by molar-refractivity contribution is 6.65. The molecule has 6 nitrogen and oxygen atoms in total. The van der Waals surface area contributed by atoms with E-state index in [2.05, 4.69) is 16.4 Å². The Morgan fingerprint density at radius 3 is 2.31 bits per heavy atom. The Morgan fingerprint density at radius 2 is 1.88 bits per heavy atom. The van der Waals surface area contributed by atoms with Crippen LogP contribution in [0.3, 0.4) is 0 Å². The summed E-state index contributed by atoms with van der Waals surface area (Å²) in [6, 6.07) is 0.582. The molecule has 16 heavy (non-hydrogen) atoms. The summed E-state index contributed by atoms with van der Waals surface area (Å²) in [7, 11) is 0.316. The molecule has 0 rings (SSSR count). The summed E-state index contributed by atoms with van der Waals surface area (Å²) in [6.07, 6.45) is 1.73. The fraction of sp³-hybridized carbons (Fsp3) is 0.667. The third kappa shape index (κ3) is 6.70. The first-order valence-electron chi connectivity index (χ1n) is 4.81. The van der Waals surface area contributed by atoms with E-state index in [1.54, 1.807) is 6.55 Å². The summed E-state index contributed by atoms with van der Waals surface area (Å²) >= 11 is 0. The number of esters is 1. The quantitative estimate of drug-likeness (QED) is 0.154. The van der Waals surface area contributed by atoms with Crippen LogP contribution < -0.4 is 0 Å². The maximum Gasteiger partial charge on any atom is 0.406 e. The van der Waals surface area contributed by atoms with Gasteiger partial charge in [0.2, 0.25) is 0 Å². The molecule has 0 aliphatic rings. The van der Waals surface area contributed by atoms with E-state index in [1.165, 1.54) is 14.2 Å². The van der Waals surface area contributed by atoms with E-state index in [9.17, 15) is 4.79 Å². The number of hydrogen-bond donors (Lipinski definition) is 0. The van der Waals surface area contributed by atoms with E-state index in [4.69, 9.17) is 13.9 Å². The average molecular weight is 250 g/mol. The summed E-state index contributed by atoms with van der Waals surface area (Å²) in [5, 5.41) is 0. The standard InChI is InChI=1S/C9H18O6Si/c1-5-9(10)13-7-6-8-16(4,14-11-2)15-12-3/h5H,1,6-8H2,2-4H3. The Bertz CT molecular complexity index is 214. The van der Waals surface area contributed by atoms with Crippen LogP contribution in [0, 0.1) is 0 Å². The lowest BCUT2D eigenvalue weighted by Gasteiger charge is -2.21. The molecule has 0 N–H and O–H groups in total. The SMILES string of the molecule is C=CC(=O)OCCC[Si](C)(OOC)OOC. The van der Waals surface area contributed by atoms with Crippen LogP contribution in [-0.4, -0.2) is 35.4 Å². The minimum Gasteiger partial charge on any atom is -0.463 e. The van der Waals surface area contributed by atoms with Gasteiger partial charge in [0.1, 0.15) is 0 Å². The highest BCUT2D eigenvalue weighted by Crippen LogP contribution is 2.16. The molecular formula is C9H18O6Si. The smallest absolute Gasteiger partial charge is 0.406 e. The summed E-state index contributed by atoms with van der Waals surface area (Å²) < 4.78 is 14.9. The summed E-state index contributed by atoms with van der Waals surface area (Å²) in [6.45, 7) is 5.36. The zero-order valence-corrected chi connectivity index (χ0v) is 10.9. The molecule has 0 radical (unpaired) electrons. The third-order valence-corrected chi connectivity index (χ3v) is 4.01. The fourth-order valence-corrected chi connectivity index (χ4v) is 2.76. The molecule has 0 aliphatic heterocycles. The average Bonchev–Trinajstić information content (AvgIpc) is 2.25. The Balaban J connectivity index is 3.84. The number of carbonyl (C=O) groups excluding carboxylic acids is 1. The number of carbonyl (C=O) groups is 1. The molecule has 0 aliphatic carbocycles. The lowest BCUT2D eigenvalue weighted by Crippen LogP contribution is -2.38. The van der Waals surface area contributed by atoms with Crippen LogP contribution in [0.2, 0.25) is 12.6 Å². The lowest BCUT2D eigenvalue weighted by molar-refractivity contribution is -0.269. The largest absolute Gasteiger partial charge is 0.463 e. The van der Waals surface area contributed by atoms with Crippen LogP contribution in [0.25, 0.3) is 0 Å². The molecule has 0 amide bonds. The van der Waals surface area contributed by atoms with Crippen molar-refractivity contribution in [2.75, 3.05) is 20.8 Å². The highest BCUT2D eigenvalue weighted by Gasteiger charge is 2.34. The molecule has 0 spiro atoms.